The number of halogens is 3. The molecule has 0 aliphatic heterocycles. The highest BCUT2D eigenvalue weighted by Gasteiger charge is 2.19. The lowest BCUT2D eigenvalue weighted by Gasteiger charge is -2.16. The Kier molecular flexibility index (Phi) is 4.76. The Hall–Kier alpha value is -1.07. The van der Waals surface area contributed by atoms with Crippen LogP contribution in [0.15, 0.2) is 12.1 Å². The van der Waals surface area contributed by atoms with Crippen molar-refractivity contribution >= 4 is 0 Å². The molecule has 0 bridgehead atoms. The molecule has 5 heteroatoms. The maximum Gasteiger partial charge on any atom is 0.194 e. The lowest BCUT2D eigenvalue weighted by atomic mass is 10.0. The van der Waals surface area contributed by atoms with Crippen LogP contribution < -0.4 is 11.3 Å². The van der Waals surface area contributed by atoms with Crippen LogP contribution >= 0.6 is 0 Å². The van der Waals surface area contributed by atoms with E-state index in [-0.39, 0.29) is 5.56 Å². The molecule has 0 radical (unpaired) electrons. The average molecular weight is 232 g/mol. The van der Waals surface area contributed by atoms with Crippen molar-refractivity contribution in [3.05, 3.63) is 35.1 Å². The SMILES string of the molecule is CCCCC(NN)c1ccc(F)c(F)c1F. The van der Waals surface area contributed by atoms with Gasteiger partial charge in [0.15, 0.2) is 17.5 Å². The first-order chi connectivity index (χ1) is 7.61. The van der Waals surface area contributed by atoms with Crippen molar-refractivity contribution in [1.82, 2.24) is 5.43 Å². The first-order valence-corrected chi connectivity index (χ1v) is 5.21. The second-order valence-corrected chi connectivity index (χ2v) is 3.63. The Morgan fingerprint density at radius 1 is 1.25 bits per heavy atom. The summed E-state index contributed by atoms with van der Waals surface area (Å²) in [5.74, 6) is 1.46. The monoisotopic (exact) mass is 232 g/mol. The topological polar surface area (TPSA) is 38.0 Å². The fourth-order valence-electron chi connectivity index (χ4n) is 1.55. The summed E-state index contributed by atoms with van der Waals surface area (Å²) < 4.78 is 39.1. The van der Waals surface area contributed by atoms with Crippen LogP contribution in [0.25, 0.3) is 0 Å². The molecule has 0 aliphatic carbocycles. The van der Waals surface area contributed by atoms with Crippen LogP contribution in [0.3, 0.4) is 0 Å². The van der Waals surface area contributed by atoms with Crippen LogP contribution in [-0.4, -0.2) is 0 Å². The number of benzene rings is 1. The molecular formula is C11H15F3N2. The molecule has 0 spiro atoms. The molecule has 0 aliphatic rings. The van der Waals surface area contributed by atoms with Gasteiger partial charge < -0.3 is 0 Å². The number of hydrazine groups is 1. The molecular weight excluding hydrogens is 217 g/mol. The third kappa shape index (κ3) is 2.74. The van der Waals surface area contributed by atoms with Gasteiger partial charge in [0, 0.05) is 11.6 Å². The van der Waals surface area contributed by atoms with Crippen LogP contribution in [0.4, 0.5) is 13.2 Å². The summed E-state index contributed by atoms with van der Waals surface area (Å²) in [6.07, 6.45) is 2.33. The molecule has 0 saturated heterocycles. The van der Waals surface area contributed by atoms with Gasteiger partial charge in [0.2, 0.25) is 0 Å². The van der Waals surface area contributed by atoms with Crippen molar-refractivity contribution in [3.63, 3.8) is 0 Å². The molecule has 1 unspecified atom stereocenters. The van der Waals surface area contributed by atoms with E-state index in [1.807, 2.05) is 6.92 Å². The molecule has 1 aromatic carbocycles. The minimum Gasteiger partial charge on any atom is -0.271 e. The average Bonchev–Trinajstić information content (AvgIpc) is 2.29. The Balaban J connectivity index is 2.96. The van der Waals surface area contributed by atoms with Crippen molar-refractivity contribution in [1.29, 1.82) is 0 Å². The highest BCUT2D eigenvalue weighted by atomic mass is 19.2. The van der Waals surface area contributed by atoms with Crippen molar-refractivity contribution in [3.8, 4) is 0 Å². The van der Waals surface area contributed by atoms with Gasteiger partial charge in [0.1, 0.15) is 0 Å². The van der Waals surface area contributed by atoms with Crippen molar-refractivity contribution < 1.29 is 13.2 Å². The standard InChI is InChI=1S/C11H15F3N2/c1-2-3-4-9(16-15)7-5-6-8(12)11(14)10(7)13/h5-6,9,16H,2-4,15H2,1H3. The van der Waals surface area contributed by atoms with Gasteiger partial charge in [-0.1, -0.05) is 25.8 Å². The normalized spacial score (nSPS) is 12.8. The lowest BCUT2D eigenvalue weighted by molar-refractivity contribution is 0.415. The first kappa shape index (κ1) is 13.0. The molecule has 1 rings (SSSR count). The van der Waals surface area contributed by atoms with Crippen LogP contribution in [0.1, 0.15) is 37.8 Å². The fourth-order valence-corrected chi connectivity index (χ4v) is 1.55. The van der Waals surface area contributed by atoms with Gasteiger partial charge in [-0.2, -0.15) is 0 Å². The maximum absolute atomic E-state index is 13.4. The molecule has 1 aromatic rings. The zero-order chi connectivity index (χ0) is 12.1. The predicted molar refractivity (Wildman–Crippen MR) is 55.9 cm³/mol. The van der Waals surface area contributed by atoms with E-state index >= 15 is 0 Å². The van der Waals surface area contributed by atoms with Crippen LogP contribution in [0, 0.1) is 17.5 Å². The van der Waals surface area contributed by atoms with E-state index in [9.17, 15) is 13.2 Å². The molecule has 0 saturated carbocycles. The number of unbranched alkanes of at least 4 members (excludes halogenated alkanes) is 1. The quantitative estimate of drug-likeness (QED) is 0.465. The van der Waals surface area contributed by atoms with Crippen LogP contribution in [0.2, 0.25) is 0 Å². The van der Waals surface area contributed by atoms with Crippen LogP contribution in [0.5, 0.6) is 0 Å². The number of rotatable bonds is 5. The largest absolute Gasteiger partial charge is 0.271 e. The summed E-state index contributed by atoms with van der Waals surface area (Å²) >= 11 is 0. The van der Waals surface area contributed by atoms with Crippen LogP contribution in [-0.2, 0) is 0 Å². The van der Waals surface area contributed by atoms with E-state index in [0.717, 1.165) is 18.9 Å². The van der Waals surface area contributed by atoms with Gasteiger partial charge in [0.05, 0.1) is 0 Å². The second kappa shape index (κ2) is 5.86. The van der Waals surface area contributed by atoms with E-state index in [1.54, 1.807) is 0 Å². The minimum atomic E-state index is -1.45. The van der Waals surface area contributed by atoms with E-state index in [0.29, 0.717) is 6.42 Å². The summed E-state index contributed by atoms with van der Waals surface area (Å²) in [5.41, 5.74) is 2.48. The van der Waals surface area contributed by atoms with Gasteiger partial charge in [-0.15, -0.1) is 0 Å². The Labute approximate surface area is 92.6 Å². The van der Waals surface area contributed by atoms with Gasteiger partial charge >= 0.3 is 0 Å². The number of hydrogen-bond acceptors (Lipinski definition) is 2. The lowest BCUT2D eigenvalue weighted by Crippen LogP contribution is -2.29. The number of hydrogen-bond donors (Lipinski definition) is 2. The summed E-state index contributed by atoms with van der Waals surface area (Å²) in [4.78, 5) is 0. The Bertz CT molecular complexity index is 355. The van der Waals surface area contributed by atoms with Crippen molar-refractivity contribution in [2.45, 2.75) is 32.2 Å². The maximum atomic E-state index is 13.4. The molecule has 2 nitrogen and oxygen atoms in total. The highest BCUT2D eigenvalue weighted by molar-refractivity contribution is 5.23. The van der Waals surface area contributed by atoms with E-state index < -0.39 is 23.5 Å². The van der Waals surface area contributed by atoms with E-state index in [1.165, 1.54) is 6.07 Å². The van der Waals surface area contributed by atoms with Gasteiger partial charge in [-0.05, 0) is 12.5 Å². The molecule has 3 N–H and O–H groups in total. The zero-order valence-corrected chi connectivity index (χ0v) is 9.06. The second-order valence-electron chi connectivity index (χ2n) is 3.63. The van der Waals surface area contributed by atoms with E-state index in [4.69, 9.17) is 5.84 Å². The zero-order valence-electron chi connectivity index (χ0n) is 9.06. The predicted octanol–water partition coefficient (Wildman–Crippen LogP) is 2.80. The molecule has 90 valence electrons. The smallest absolute Gasteiger partial charge is 0.194 e. The van der Waals surface area contributed by atoms with E-state index in [2.05, 4.69) is 5.43 Å². The van der Waals surface area contributed by atoms with Gasteiger partial charge in [-0.3, -0.25) is 11.3 Å². The molecule has 0 heterocycles. The first-order valence-electron chi connectivity index (χ1n) is 5.21. The number of nitrogens with one attached hydrogen (secondary N) is 1. The summed E-state index contributed by atoms with van der Waals surface area (Å²) in [7, 11) is 0. The summed E-state index contributed by atoms with van der Waals surface area (Å²) in [6, 6.07) is 1.63. The van der Waals surface area contributed by atoms with Crippen molar-refractivity contribution in [2.75, 3.05) is 0 Å². The fraction of sp³-hybridized carbons (Fsp3) is 0.455. The Morgan fingerprint density at radius 2 is 1.94 bits per heavy atom. The number of nitrogens with two attached hydrogens (primary N) is 1. The third-order valence-electron chi connectivity index (χ3n) is 2.49. The molecule has 1 atom stereocenters. The minimum absolute atomic E-state index is 0.0647. The highest BCUT2D eigenvalue weighted by Crippen LogP contribution is 2.24. The third-order valence-corrected chi connectivity index (χ3v) is 2.49. The van der Waals surface area contributed by atoms with Crippen molar-refractivity contribution in [2.24, 2.45) is 5.84 Å². The molecule has 0 amide bonds. The van der Waals surface area contributed by atoms with Gasteiger partial charge in [0.25, 0.3) is 0 Å². The summed E-state index contributed by atoms with van der Waals surface area (Å²) in [5, 5.41) is 0. The molecule has 16 heavy (non-hydrogen) atoms. The molecule has 0 fully saturated rings. The summed E-state index contributed by atoms with van der Waals surface area (Å²) in [6.45, 7) is 1.98. The molecule has 0 aromatic heterocycles. The Morgan fingerprint density at radius 3 is 2.50 bits per heavy atom. The van der Waals surface area contributed by atoms with Gasteiger partial charge in [-0.25, -0.2) is 13.2 Å².